The number of halogens is 1. The summed E-state index contributed by atoms with van der Waals surface area (Å²) < 4.78 is 1.26. The fourth-order valence-electron chi connectivity index (χ4n) is 1.73. The summed E-state index contributed by atoms with van der Waals surface area (Å²) in [4.78, 5) is 8.92. The van der Waals surface area contributed by atoms with Crippen molar-refractivity contribution in [2.75, 3.05) is 0 Å². The molecule has 0 atom stereocenters. The molecule has 0 aliphatic rings. The summed E-state index contributed by atoms with van der Waals surface area (Å²) in [6.45, 7) is 2.22. The highest BCUT2D eigenvalue weighted by atomic mass is 127. The number of rotatable bonds is 4. The predicted molar refractivity (Wildman–Crippen MR) is 75.5 cm³/mol. The summed E-state index contributed by atoms with van der Waals surface area (Å²) in [6.07, 6.45) is 6.62. The van der Waals surface area contributed by atoms with Crippen LogP contribution in [0, 0.1) is 3.57 Å². The maximum Gasteiger partial charge on any atom is 0.159 e. The second-order valence-electron chi connectivity index (χ2n) is 3.92. The Morgan fingerprint density at radius 3 is 3.00 bits per heavy atom. The quantitative estimate of drug-likeness (QED) is 0.628. The van der Waals surface area contributed by atoms with E-state index >= 15 is 0 Å². The molecular weight excluding hydrogens is 311 g/mol. The predicted octanol–water partition coefficient (Wildman–Crippen LogP) is 3.97. The molecule has 2 aromatic heterocycles. The van der Waals surface area contributed by atoms with Crippen molar-refractivity contribution in [3.05, 3.63) is 33.7 Å². The van der Waals surface area contributed by atoms with Crippen LogP contribution in [-0.4, -0.2) is 9.97 Å². The van der Waals surface area contributed by atoms with Crippen LogP contribution in [0.5, 0.6) is 0 Å². The Morgan fingerprint density at radius 1 is 1.31 bits per heavy atom. The molecule has 0 radical (unpaired) electrons. The fraction of sp³-hybridized carbons (Fsp3) is 0.385. The smallest absolute Gasteiger partial charge is 0.159 e. The van der Waals surface area contributed by atoms with Crippen molar-refractivity contribution in [3.63, 3.8) is 0 Å². The molecule has 84 valence electrons. The number of fused-ring (bicyclic) bond motifs is 1. The summed E-state index contributed by atoms with van der Waals surface area (Å²) in [5.74, 6) is 0. The molecule has 2 rings (SSSR count). The summed E-state index contributed by atoms with van der Waals surface area (Å²) in [6, 6.07) is 6.20. The van der Waals surface area contributed by atoms with E-state index in [9.17, 15) is 0 Å². The Balaban J connectivity index is 2.27. The van der Waals surface area contributed by atoms with Crippen molar-refractivity contribution < 1.29 is 0 Å². The molecule has 2 heterocycles. The van der Waals surface area contributed by atoms with Crippen LogP contribution in [0.25, 0.3) is 11.0 Å². The molecule has 0 saturated heterocycles. The van der Waals surface area contributed by atoms with Crippen LogP contribution in [0.4, 0.5) is 0 Å². The van der Waals surface area contributed by atoms with Crippen molar-refractivity contribution in [1.82, 2.24) is 9.97 Å². The van der Waals surface area contributed by atoms with Gasteiger partial charge >= 0.3 is 0 Å². The van der Waals surface area contributed by atoms with Crippen molar-refractivity contribution in [3.8, 4) is 0 Å². The topological polar surface area (TPSA) is 25.8 Å². The van der Waals surface area contributed by atoms with Crippen LogP contribution in [0.2, 0.25) is 0 Å². The highest BCUT2D eigenvalue weighted by Crippen LogP contribution is 2.18. The SMILES string of the molecule is CCCCCc1nc2ncccc2cc1I. The van der Waals surface area contributed by atoms with Crippen molar-refractivity contribution in [2.24, 2.45) is 0 Å². The van der Waals surface area contributed by atoms with Gasteiger partial charge in [-0.05, 0) is 53.6 Å². The van der Waals surface area contributed by atoms with Crippen LogP contribution >= 0.6 is 22.6 Å². The number of nitrogens with zero attached hydrogens (tertiary/aromatic N) is 2. The Hall–Kier alpha value is -0.710. The molecule has 0 fully saturated rings. The van der Waals surface area contributed by atoms with E-state index in [1.807, 2.05) is 6.07 Å². The van der Waals surface area contributed by atoms with Gasteiger partial charge in [-0.3, -0.25) is 0 Å². The molecule has 2 aromatic rings. The van der Waals surface area contributed by atoms with Crippen molar-refractivity contribution >= 4 is 33.6 Å². The molecule has 3 heteroatoms. The van der Waals surface area contributed by atoms with Gasteiger partial charge in [0.15, 0.2) is 5.65 Å². The standard InChI is InChI=1S/C13H15IN2/c1-2-3-4-7-12-11(14)9-10-6-5-8-15-13(10)16-12/h5-6,8-9H,2-4,7H2,1H3. The minimum atomic E-state index is 0.870. The zero-order valence-electron chi connectivity index (χ0n) is 9.41. The molecule has 2 nitrogen and oxygen atoms in total. The average molecular weight is 326 g/mol. The highest BCUT2D eigenvalue weighted by Gasteiger charge is 2.04. The summed E-state index contributed by atoms with van der Waals surface area (Å²) in [5, 5.41) is 1.13. The minimum Gasteiger partial charge on any atom is -0.237 e. The van der Waals surface area contributed by atoms with Crippen LogP contribution in [-0.2, 0) is 6.42 Å². The van der Waals surface area contributed by atoms with E-state index in [0.29, 0.717) is 0 Å². The highest BCUT2D eigenvalue weighted by molar-refractivity contribution is 14.1. The molecule has 0 spiro atoms. The largest absolute Gasteiger partial charge is 0.237 e. The number of hydrogen-bond acceptors (Lipinski definition) is 2. The Morgan fingerprint density at radius 2 is 2.19 bits per heavy atom. The summed E-state index contributed by atoms with van der Waals surface area (Å²) >= 11 is 2.37. The van der Waals surface area contributed by atoms with Crippen molar-refractivity contribution in [2.45, 2.75) is 32.6 Å². The van der Waals surface area contributed by atoms with Gasteiger partial charge in [0.05, 0.1) is 5.69 Å². The van der Waals surface area contributed by atoms with Gasteiger partial charge in [-0.2, -0.15) is 0 Å². The van der Waals surface area contributed by atoms with Gasteiger partial charge in [-0.25, -0.2) is 9.97 Å². The van der Waals surface area contributed by atoms with Gasteiger partial charge < -0.3 is 0 Å². The lowest BCUT2D eigenvalue weighted by molar-refractivity contribution is 0.706. The first kappa shape index (κ1) is 11.8. The monoisotopic (exact) mass is 326 g/mol. The molecule has 0 N–H and O–H groups in total. The van der Waals surface area contributed by atoms with E-state index in [1.165, 1.54) is 28.5 Å². The summed E-state index contributed by atoms with van der Waals surface area (Å²) in [7, 11) is 0. The molecular formula is C13H15IN2. The maximum absolute atomic E-state index is 4.63. The third-order valence-electron chi connectivity index (χ3n) is 2.63. The zero-order valence-corrected chi connectivity index (χ0v) is 11.6. The maximum atomic E-state index is 4.63. The lowest BCUT2D eigenvalue weighted by atomic mass is 10.1. The van der Waals surface area contributed by atoms with Crippen LogP contribution in [0.3, 0.4) is 0 Å². The third-order valence-corrected chi connectivity index (χ3v) is 3.57. The van der Waals surface area contributed by atoms with Gasteiger partial charge in [0.2, 0.25) is 0 Å². The number of unbranched alkanes of at least 4 members (excludes halogenated alkanes) is 2. The Bertz CT molecular complexity index is 482. The molecule has 0 amide bonds. The van der Waals surface area contributed by atoms with E-state index in [2.05, 4.69) is 51.6 Å². The van der Waals surface area contributed by atoms with Crippen LogP contribution in [0.1, 0.15) is 31.9 Å². The molecule has 0 saturated carbocycles. The molecule has 0 aliphatic carbocycles. The van der Waals surface area contributed by atoms with E-state index < -0.39 is 0 Å². The Kier molecular flexibility index (Phi) is 4.09. The van der Waals surface area contributed by atoms with E-state index in [0.717, 1.165) is 17.5 Å². The fourth-order valence-corrected chi connectivity index (χ4v) is 2.46. The van der Waals surface area contributed by atoms with Gasteiger partial charge in [-0.15, -0.1) is 0 Å². The minimum absolute atomic E-state index is 0.870. The zero-order chi connectivity index (χ0) is 11.4. The normalized spacial score (nSPS) is 10.9. The second kappa shape index (κ2) is 5.57. The number of aromatic nitrogens is 2. The van der Waals surface area contributed by atoms with Gasteiger partial charge in [0.1, 0.15) is 0 Å². The molecule has 0 bridgehead atoms. The van der Waals surface area contributed by atoms with E-state index in [1.54, 1.807) is 6.20 Å². The van der Waals surface area contributed by atoms with Gasteiger partial charge in [-0.1, -0.05) is 19.8 Å². The average Bonchev–Trinajstić information content (AvgIpc) is 2.30. The molecule has 0 unspecified atom stereocenters. The van der Waals surface area contributed by atoms with Crippen LogP contribution in [0.15, 0.2) is 24.4 Å². The number of hydrogen-bond donors (Lipinski definition) is 0. The second-order valence-corrected chi connectivity index (χ2v) is 5.09. The molecule has 0 aromatic carbocycles. The number of pyridine rings is 2. The first-order valence-corrected chi connectivity index (χ1v) is 6.79. The first-order valence-electron chi connectivity index (χ1n) is 5.71. The van der Waals surface area contributed by atoms with Gasteiger partial charge in [0.25, 0.3) is 0 Å². The summed E-state index contributed by atoms with van der Waals surface area (Å²) in [5.41, 5.74) is 2.06. The first-order chi connectivity index (χ1) is 7.81. The van der Waals surface area contributed by atoms with Crippen LogP contribution < -0.4 is 0 Å². The molecule has 16 heavy (non-hydrogen) atoms. The van der Waals surface area contributed by atoms with E-state index in [-0.39, 0.29) is 0 Å². The lowest BCUT2D eigenvalue weighted by Crippen LogP contribution is -1.96. The number of aryl methyl sites for hydroxylation is 1. The lowest BCUT2D eigenvalue weighted by Gasteiger charge is -2.05. The Labute approximate surface area is 110 Å². The van der Waals surface area contributed by atoms with E-state index in [4.69, 9.17) is 0 Å². The van der Waals surface area contributed by atoms with Crippen molar-refractivity contribution in [1.29, 1.82) is 0 Å². The molecule has 0 aliphatic heterocycles. The third kappa shape index (κ3) is 2.70. The van der Waals surface area contributed by atoms with Gasteiger partial charge in [0, 0.05) is 15.2 Å².